The van der Waals surface area contributed by atoms with E-state index in [1.807, 2.05) is 6.92 Å². The van der Waals surface area contributed by atoms with Crippen molar-refractivity contribution in [2.45, 2.75) is 26.7 Å². The van der Waals surface area contributed by atoms with E-state index in [4.69, 9.17) is 4.52 Å². The summed E-state index contributed by atoms with van der Waals surface area (Å²) < 4.78 is 18.5. The molecule has 0 aromatic heterocycles. The molecule has 94 valence electrons. The Balaban J connectivity index is 0. The highest BCUT2D eigenvalue weighted by molar-refractivity contribution is 7.58. The fourth-order valence-electron chi connectivity index (χ4n) is 1.46. The Morgan fingerprint density at radius 3 is 2.07 bits per heavy atom. The van der Waals surface area contributed by atoms with Gasteiger partial charge in [0.25, 0.3) is 7.37 Å². The lowest BCUT2D eigenvalue weighted by Crippen LogP contribution is -3.00. The minimum Gasteiger partial charge on any atom is -1.00 e. The van der Waals surface area contributed by atoms with Crippen LogP contribution in [-0.2, 0) is 9.09 Å². The van der Waals surface area contributed by atoms with Gasteiger partial charge in [-0.3, -0.25) is 4.57 Å². The fraction of sp³-hybridized carbons (Fsp3) is 1.00. The van der Waals surface area contributed by atoms with E-state index in [0.717, 1.165) is 19.0 Å². The lowest BCUT2D eigenvalue weighted by molar-refractivity contribution is -0.858. The summed E-state index contributed by atoms with van der Waals surface area (Å²) in [5, 5.41) is 0. The molecule has 0 heterocycles. The molecule has 0 rings (SSSR count). The van der Waals surface area contributed by atoms with Crippen LogP contribution in [0.3, 0.4) is 0 Å². The Morgan fingerprint density at radius 2 is 1.73 bits per heavy atom. The summed E-state index contributed by atoms with van der Waals surface area (Å²) >= 11 is 0. The first-order valence-corrected chi connectivity index (χ1v) is 7.35. The fourth-order valence-corrected chi connectivity index (χ4v) is 4.37. The molecule has 15 heavy (non-hydrogen) atoms. The molecule has 0 aliphatic carbocycles. The smallest absolute Gasteiger partial charge is 0.255 e. The Kier molecular flexibility index (Phi) is 9.40. The minimum atomic E-state index is -2.39. The molecule has 0 N–H and O–H groups in total. The predicted molar refractivity (Wildman–Crippen MR) is 61.9 cm³/mol. The molecule has 0 saturated heterocycles. The summed E-state index contributed by atoms with van der Waals surface area (Å²) in [6.07, 6.45) is 3.44. The Morgan fingerprint density at radius 1 is 1.20 bits per heavy atom. The summed E-state index contributed by atoms with van der Waals surface area (Å²) in [6.45, 7) is 4.58. The van der Waals surface area contributed by atoms with Gasteiger partial charge in [0, 0.05) is 6.16 Å². The van der Waals surface area contributed by atoms with E-state index in [9.17, 15) is 4.57 Å². The summed E-state index contributed by atoms with van der Waals surface area (Å²) in [4.78, 5) is 0. The maximum Gasteiger partial charge on any atom is 0.255 e. The van der Waals surface area contributed by atoms with Crippen LogP contribution in [0.5, 0.6) is 0 Å². The third kappa shape index (κ3) is 9.55. The molecule has 0 fully saturated rings. The summed E-state index contributed by atoms with van der Waals surface area (Å²) in [5.74, 6) is 0. The molecule has 0 aliphatic heterocycles. The minimum absolute atomic E-state index is 0. The number of quaternary nitrogens is 1. The zero-order valence-corrected chi connectivity index (χ0v) is 13.1. The predicted octanol–water partition coefficient (Wildman–Crippen LogP) is -0.231. The Labute approximate surface area is 105 Å². The van der Waals surface area contributed by atoms with Crippen LogP contribution in [0.2, 0.25) is 0 Å². The van der Waals surface area contributed by atoms with Gasteiger partial charge in [-0.25, -0.2) is 0 Å². The van der Waals surface area contributed by atoms with Crippen molar-refractivity contribution in [1.29, 1.82) is 0 Å². The Hall–Kier alpha value is 0.630. The van der Waals surface area contributed by atoms with Crippen LogP contribution in [-0.4, -0.2) is 44.7 Å². The molecular weight excluding hydrogens is 277 g/mol. The van der Waals surface area contributed by atoms with Crippen molar-refractivity contribution in [3.8, 4) is 0 Å². The molecule has 0 aromatic rings. The van der Waals surface area contributed by atoms with Crippen molar-refractivity contribution in [1.82, 2.24) is 0 Å². The highest BCUT2D eigenvalue weighted by Crippen LogP contribution is 2.48. The van der Waals surface area contributed by atoms with Crippen molar-refractivity contribution < 1.29 is 30.6 Å². The molecular formula is C10H25BrNO2P. The van der Waals surface area contributed by atoms with Crippen molar-refractivity contribution in [3.05, 3.63) is 0 Å². The molecule has 0 aliphatic rings. The zero-order chi connectivity index (χ0) is 11.2. The van der Waals surface area contributed by atoms with Gasteiger partial charge < -0.3 is 26.0 Å². The van der Waals surface area contributed by atoms with Crippen molar-refractivity contribution in [3.63, 3.8) is 0 Å². The van der Waals surface area contributed by atoms with E-state index in [-0.39, 0.29) is 17.0 Å². The molecule has 0 amide bonds. The molecule has 0 bridgehead atoms. The second kappa shape index (κ2) is 7.83. The molecule has 1 unspecified atom stereocenters. The van der Waals surface area contributed by atoms with E-state index in [1.54, 1.807) is 0 Å². The summed E-state index contributed by atoms with van der Waals surface area (Å²) in [7, 11) is 3.77. The average molecular weight is 302 g/mol. The monoisotopic (exact) mass is 301 g/mol. The first kappa shape index (κ1) is 18.0. The normalized spacial score (nSPS) is 15.5. The third-order valence-electron chi connectivity index (χ3n) is 1.86. The first-order chi connectivity index (χ1) is 6.33. The number of halogens is 1. The quantitative estimate of drug-likeness (QED) is 0.480. The van der Waals surface area contributed by atoms with Crippen LogP contribution < -0.4 is 17.0 Å². The third-order valence-corrected chi connectivity index (χ3v) is 4.86. The van der Waals surface area contributed by atoms with Gasteiger partial charge in [-0.05, 0) is 13.3 Å². The van der Waals surface area contributed by atoms with Gasteiger partial charge in [-0.15, -0.1) is 0 Å². The van der Waals surface area contributed by atoms with Crippen LogP contribution in [0.25, 0.3) is 0 Å². The van der Waals surface area contributed by atoms with Crippen molar-refractivity contribution in [2.24, 2.45) is 0 Å². The van der Waals surface area contributed by atoms with Gasteiger partial charge in [-0.1, -0.05) is 13.3 Å². The maximum absolute atomic E-state index is 12.3. The van der Waals surface area contributed by atoms with E-state index < -0.39 is 7.37 Å². The second-order valence-electron chi connectivity index (χ2n) is 4.74. The van der Waals surface area contributed by atoms with Crippen LogP contribution in [0.15, 0.2) is 0 Å². The molecule has 0 radical (unpaired) electrons. The van der Waals surface area contributed by atoms with E-state index in [2.05, 4.69) is 28.1 Å². The number of rotatable bonds is 7. The maximum atomic E-state index is 12.3. The van der Waals surface area contributed by atoms with Gasteiger partial charge in [0.1, 0.15) is 0 Å². The van der Waals surface area contributed by atoms with Crippen molar-refractivity contribution >= 4 is 7.37 Å². The SMILES string of the molecule is CCCCP(=O)(C[N+](C)(C)C)OCC.[Br-]. The van der Waals surface area contributed by atoms with Gasteiger partial charge in [0.15, 0.2) is 6.29 Å². The summed E-state index contributed by atoms with van der Waals surface area (Å²) in [5.41, 5.74) is 0. The molecule has 3 nitrogen and oxygen atoms in total. The second-order valence-corrected chi connectivity index (χ2v) is 7.36. The largest absolute Gasteiger partial charge is 1.00 e. The zero-order valence-electron chi connectivity index (χ0n) is 10.6. The van der Waals surface area contributed by atoms with Crippen LogP contribution in [0.4, 0.5) is 0 Å². The van der Waals surface area contributed by atoms with Gasteiger partial charge in [0.05, 0.1) is 27.7 Å². The Bertz CT molecular complexity index is 204. The molecule has 0 spiro atoms. The van der Waals surface area contributed by atoms with Gasteiger partial charge in [-0.2, -0.15) is 0 Å². The average Bonchev–Trinajstić information content (AvgIpc) is 1.98. The molecule has 0 saturated carbocycles. The highest BCUT2D eigenvalue weighted by atomic mass is 79.9. The number of unbranched alkanes of at least 4 members (excludes halogenated alkanes) is 1. The number of hydrogen-bond donors (Lipinski definition) is 0. The van der Waals surface area contributed by atoms with Crippen LogP contribution in [0, 0.1) is 0 Å². The van der Waals surface area contributed by atoms with E-state index >= 15 is 0 Å². The number of nitrogens with zero attached hydrogens (tertiary/aromatic N) is 1. The molecule has 0 aromatic carbocycles. The lowest BCUT2D eigenvalue weighted by Gasteiger charge is -2.28. The lowest BCUT2D eigenvalue weighted by atomic mass is 10.4. The number of hydrogen-bond acceptors (Lipinski definition) is 2. The molecule has 5 heteroatoms. The van der Waals surface area contributed by atoms with Gasteiger partial charge in [0.2, 0.25) is 0 Å². The van der Waals surface area contributed by atoms with E-state index in [1.165, 1.54) is 0 Å². The van der Waals surface area contributed by atoms with Crippen molar-refractivity contribution in [2.75, 3.05) is 40.2 Å². The summed E-state index contributed by atoms with van der Waals surface area (Å²) in [6, 6.07) is 0. The van der Waals surface area contributed by atoms with Crippen LogP contribution in [0.1, 0.15) is 26.7 Å². The molecule has 1 atom stereocenters. The van der Waals surface area contributed by atoms with Gasteiger partial charge >= 0.3 is 0 Å². The topological polar surface area (TPSA) is 26.3 Å². The highest BCUT2D eigenvalue weighted by Gasteiger charge is 2.29. The van der Waals surface area contributed by atoms with Crippen LogP contribution >= 0.6 is 7.37 Å². The van der Waals surface area contributed by atoms with E-state index in [0.29, 0.717) is 17.4 Å². The standard InChI is InChI=1S/C10H25NO2P.BrH/c1-6-8-9-14(12,13-7-2)10-11(3,4)5;/h6-10H2,1-5H3;1H/q+1;/p-1. The first-order valence-electron chi connectivity index (χ1n) is 5.36.